The Labute approximate surface area is 125 Å². The average molecular weight is 292 g/mol. The molecular weight excluding hydrogens is 268 g/mol. The van der Waals surface area contributed by atoms with Crippen molar-refractivity contribution in [2.75, 3.05) is 11.9 Å². The summed E-state index contributed by atoms with van der Waals surface area (Å²) in [4.78, 5) is 23.1. The van der Waals surface area contributed by atoms with Crippen molar-refractivity contribution in [1.29, 1.82) is 0 Å². The molecule has 21 heavy (non-hydrogen) atoms. The van der Waals surface area contributed by atoms with Gasteiger partial charge in [0.25, 0.3) is 0 Å². The van der Waals surface area contributed by atoms with E-state index in [-0.39, 0.29) is 30.4 Å². The summed E-state index contributed by atoms with van der Waals surface area (Å²) in [6, 6.07) is 7.07. The quantitative estimate of drug-likeness (QED) is 0.643. The summed E-state index contributed by atoms with van der Waals surface area (Å²) in [6.45, 7) is 5.98. The number of nitrogens with one attached hydrogen (secondary N) is 3. The van der Waals surface area contributed by atoms with Crippen LogP contribution < -0.4 is 21.7 Å². The van der Waals surface area contributed by atoms with E-state index in [0.717, 1.165) is 5.56 Å². The second kappa shape index (κ2) is 8.26. The molecule has 6 heteroatoms. The van der Waals surface area contributed by atoms with Gasteiger partial charge in [-0.1, -0.05) is 12.1 Å². The van der Waals surface area contributed by atoms with Crippen LogP contribution in [-0.4, -0.2) is 24.5 Å². The molecular formula is C15H24N4O2. The lowest BCUT2D eigenvalue weighted by Crippen LogP contribution is -2.35. The van der Waals surface area contributed by atoms with Gasteiger partial charge in [-0.25, -0.2) is 4.79 Å². The summed E-state index contributed by atoms with van der Waals surface area (Å²) in [5.74, 6) is -0.0772. The van der Waals surface area contributed by atoms with Crippen LogP contribution in [0.15, 0.2) is 24.3 Å². The summed E-state index contributed by atoms with van der Waals surface area (Å²) in [5, 5.41) is 8.10. The SMILES string of the molecule is CC(C)NC(=O)CCNC(=O)Nc1ccc(C(C)N)cc1. The maximum atomic E-state index is 11.7. The maximum absolute atomic E-state index is 11.7. The summed E-state index contributed by atoms with van der Waals surface area (Å²) in [7, 11) is 0. The highest BCUT2D eigenvalue weighted by molar-refractivity contribution is 5.89. The van der Waals surface area contributed by atoms with Crippen molar-refractivity contribution in [3.63, 3.8) is 0 Å². The second-order valence-electron chi connectivity index (χ2n) is 5.26. The third kappa shape index (κ3) is 6.76. The van der Waals surface area contributed by atoms with Crippen molar-refractivity contribution in [1.82, 2.24) is 10.6 Å². The number of urea groups is 1. The maximum Gasteiger partial charge on any atom is 0.319 e. The van der Waals surface area contributed by atoms with E-state index in [1.165, 1.54) is 0 Å². The molecule has 116 valence electrons. The summed E-state index contributed by atoms with van der Waals surface area (Å²) in [6.07, 6.45) is 0.259. The van der Waals surface area contributed by atoms with Gasteiger partial charge in [-0.2, -0.15) is 0 Å². The van der Waals surface area contributed by atoms with Crippen LogP contribution in [0.5, 0.6) is 0 Å². The fourth-order valence-electron chi connectivity index (χ4n) is 1.73. The molecule has 1 rings (SSSR count). The topological polar surface area (TPSA) is 96.2 Å². The lowest BCUT2D eigenvalue weighted by Gasteiger charge is -2.10. The Morgan fingerprint density at radius 2 is 1.76 bits per heavy atom. The Balaban J connectivity index is 2.32. The first-order valence-corrected chi connectivity index (χ1v) is 7.08. The molecule has 0 radical (unpaired) electrons. The van der Waals surface area contributed by atoms with Crippen LogP contribution in [0.2, 0.25) is 0 Å². The number of carbonyl (C=O) groups is 2. The first-order chi connectivity index (χ1) is 9.88. The number of benzene rings is 1. The number of anilines is 1. The Morgan fingerprint density at radius 1 is 1.14 bits per heavy atom. The number of carbonyl (C=O) groups excluding carboxylic acids is 2. The van der Waals surface area contributed by atoms with E-state index in [9.17, 15) is 9.59 Å². The number of amides is 3. The molecule has 1 aromatic rings. The van der Waals surface area contributed by atoms with Gasteiger partial charge in [0.1, 0.15) is 0 Å². The van der Waals surface area contributed by atoms with Crippen molar-refractivity contribution < 1.29 is 9.59 Å². The normalized spacial score (nSPS) is 11.9. The summed E-state index contributed by atoms with van der Waals surface area (Å²) in [5.41, 5.74) is 7.45. The predicted molar refractivity (Wildman–Crippen MR) is 84.0 cm³/mol. The first-order valence-electron chi connectivity index (χ1n) is 7.08. The Hall–Kier alpha value is -2.08. The van der Waals surface area contributed by atoms with Crippen molar-refractivity contribution in [2.45, 2.75) is 39.3 Å². The van der Waals surface area contributed by atoms with Crippen molar-refractivity contribution in [2.24, 2.45) is 5.73 Å². The number of hydrogen-bond donors (Lipinski definition) is 4. The molecule has 3 amide bonds. The van der Waals surface area contributed by atoms with E-state index in [1.54, 1.807) is 12.1 Å². The molecule has 0 bridgehead atoms. The molecule has 0 spiro atoms. The van der Waals surface area contributed by atoms with Crippen LogP contribution >= 0.6 is 0 Å². The van der Waals surface area contributed by atoms with Crippen molar-refractivity contribution in [3.05, 3.63) is 29.8 Å². The van der Waals surface area contributed by atoms with Gasteiger partial charge in [0.2, 0.25) is 5.91 Å². The van der Waals surface area contributed by atoms with Gasteiger partial charge in [0, 0.05) is 30.7 Å². The predicted octanol–water partition coefficient (Wildman–Crippen LogP) is 1.74. The number of nitrogens with two attached hydrogens (primary N) is 1. The minimum Gasteiger partial charge on any atom is -0.354 e. The van der Waals surface area contributed by atoms with Crippen LogP contribution in [0.25, 0.3) is 0 Å². The van der Waals surface area contributed by atoms with E-state index in [0.29, 0.717) is 12.2 Å². The highest BCUT2D eigenvalue weighted by atomic mass is 16.2. The molecule has 1 atom stereocenters. The van der Waals surface area contributed by atoms with Gasteiger partial charge >= 0.3 is 6.03 Å². The van der Waals surface area contributed by atoms with Gasteiger partial charge in [0.05, 0.1) is 0 Å². The molecule has 0 saturated carbocycles. The zero-order valence-electron chi connectivity index (χ0n) is 12.8. The molecule has 0 aromatic heterocycles. The highest BCUT2D eigenvalue weighted by Crippen LogP contribution is 2.13. The van der Waals surface area contributed by atoms with Crippen molar-refractivity contribution >= 4 is 17.6 Å². The molecule has 5 N–H and O–H groups in total. The summed E-state index contributed by atoms with van der Waals surface area (Å²) >= 11 is 0. The molecule has 6 nitrogen and oxygen atoms in total. The Kier molecular flexibility index (Phi) is 6.68. The molecule has 0 aliphatic heterocycles. The van der Waals surface area contributed by atoms with E-state index in [4.69, 9.17) is 5.73 Å². The smallest absolute Gasteiger partial charge is 0.319 e. The van der Waals surface area contributed by atoms with Crippen LogP contribution in [0, 0.1) is 0 Å². The molecule has 0 saturated heterocycles. The first kappa shape index (κ1) is 17.0. The molecule has 1 aromatic carbocycles. The zero-order chi connectivity index (χ0) is 15.8. The van der Waals surface area contributed by atoms with Crippen LogP contribution in [0.3, 0.4) is 0 Å². The molecule has 0 heterocycles. The highest BCUT2D eigenvalue weighted by Gasteiger charge is 2.06. The van der Waals surface area contributed by atoms with Gasteiger partial charge < -0.3 is 21.7 Å². The third-order valence-corrected chi connectivity index (χ3v) is 2.78. The molecule has 1 unspecified atom stereocenters. The Morgan fingerprint density at radius 3 is 2.29 bits per heavy atom. The van der Waals surface area contributed by atoms with Gasteiger partial charge in [-0.3, -0.25) is 4.79 Å². The van der Waals surface area contributed by atoms with E-state index in [2.05, 4.69) is 16.0 Å². The minimum absolute atomic E-state index is 0.0349. The van der Waals surface area contributed by atoms with Crippen LogP contribution in [-0.2, 0) is 4.79 Å². The van der Waals surface area contributed by atoms with Crippen molar-refractivity contribution in [3.8, 4) is 0 Å². The molecule has 0 aliphatic carbocycles. The molecule has 0 aliphatic rings. The van der Waals surface area contributed by atoms with Crippen LogP contribution in [0.1, 0.15) is 38.8 Å². The Bertz CT molecular complexity index is 469. The minimum atomic E-state index is -0.333. The van der Waals surface area contributed by atoms with E-state index >= 15 is 0 Å². The molecule has 0 fully saturated rings. The second-order valence-corrected chi connectivity index (χ2v) is 5.26. The fourth-order valence-corrected chi connectivity index (χ4v) is 1.73. The van der Waals surface area contributed by atoms with E-state index < -0.39 is 0 Å². The fraction of sp³-hybridized carbons (Fsp3) is 0.467. The van der Waals surface area contributed by atoms with E-state index in [1.807, 2.05) is 32.9 Å². The van der Waals surface area contributed by atoms with Gasteiger partial charge in [0.15, 0.2) is 0 Å². The van der Waals surface area contributed by atoms with Gasteiger partial charge in [-0.05, 0) is 38.5 Å². The summed E-state index contributed by atoms with van der Waals surface area (Å²) < 4.78 is 0. The number of hydrogen-bond acceptors (Lipinski definition) is 3. The third-order valence-electron chi connectivity index (χ3n) is 2.78. The van der Waals surface area contributed by atoms with Gasteiger partial charge in [-0.15, -0.1) is 0 Å². The standard InChI is InChI=1S/C15H24N4O2/c1-10(2)18-14(20)8-9-17-15(21)19-13-6-4-12(5-7-13)11(3)16/h4-7,10-11H,8-9,16H2,1-3H3,(H,18,20)(H2,17,19,21). The zero-order valence-corrected chi connectivity index (χ0v) is 12.8. The monoisotopic (exact) mass is 292 g/mol. The van der Waals surface area contributed by atoms with Crippen LogP contribution in [0.4, 0.5) is 10.5 Å². The number of rotatable bonds is 6. The average Bonchev–Trinajstić information content (AvgIpc) is 2.38. The largest absolute Gasteiger partial charge is 0.354 e. The lowest BCUT2D eigenvalue weighted by atomic mass is 10.1. The lowest BCUT2D eigenvalue weighted by molar-refractivity contribution is -0.121.